The SMILES string of the molecule is NC(=O)O[C@@H]1C(=O)N[C@@H]2CCC[C@H]12. The first-order valence-electron chi connectivity index (χ1n) is 4.45. The third-order valence-corrected chi connectivity index (χ3v) is 2.79. The predicted octanol–water partition coefficient (Wildman–Crippen LogP) is -0.251. The Morgan fingerprint density at radius 1 is 1.54 bits per heavy atom. The van der Waals surface area contributed by atoms with E-state index in [0.29, 0.717) is 0 Å². The molecule has 0 spiro atoms. The van der Waals surface area contributed by atoms with Crippen LogP contribution in [0.4, 0.5) is 4.79 Å². The molecule has 1 saturated heterocycles. The Morgan fingerprint density at radius 2 is 2.31 bits per heavy atom. The Kier molecular flexibility index (Phi) is 1.86. The molecule has 0 bridgehead atoms. The smallest absolute Gasteiger partial charge is 0.405 e. The van der Waals surface area contributed by atoms with E-state index in [4.69, 9.17) is 10.5 Å². The quantitative estimate of drug-likeness (QED) is 0.589. The van der Waals surface area contributed by atoms with Crippen LogP contribution in [0.2, 0.25) is 0 Å². The molecule has 5 nitrogen and oxygen atoms in total. The first-order chi connectivity index (χ1) is 6.18. The van der Waals surface area contributed by atoms with Crippen molar-refractivity contribution < 1.29 is 14.3 Å². The lowest BCUT2D eigenvalue weighted by atomic mass is 10.0. The lowest BCUT2D eigenvalue weighted by Crippen LogP contribution is -2.33. The highest BCUT2D eigenvalue weighted by Gasteiger charge is 2.46. The second kappa shape index (κ2) is 2.90. The molecule has 1 aliphatic carbocycles. The molecule has 72 valence electrons. The molecule has 2 amide bonds. The number of nitrogens with two attached hydrogens (primary N) is 1. The van der Waals surface area contributed by atoms with Gasteiger partial charge in [0.15, 0.2) is 6.10 Å². The Morgan fingerprint density at radius 3 is 3.00 bits per heavy atom. The van der Waals surface area contributed by atoms with Crippen molar-refractivity contribution in [1.29, 1.82) is 0 Å². The van der Waals surface area contributed by atoms with Gasteiger partial charge in [-0.1, -0.05) is 6.42 Å². The van der Waals surface area contributed by atoms with Gasteiger partial charge in [-0.05, 0) is 12.8 Å². The summed E-state index contributed by atoms with van der Waals surface area (Å²) >= 11 is 0. The largest absolute Gasteiger partial charge is 0.436 e. The van der Waals surface area contributed by atoms with Crippen molar-refractivity contribution >= 4 is 12.0 Å². The predicted molar refractivity (Wildman–Crippen MR) is 43.7 cm³/mol. The summed E-state index contributed by atoms with van der Waals surface area (Å²) in [5.74, 6) is -0.0616. The van der Waals surface area contributed by atoms with Crippen LogP contribution in [0, 0.1) is 5.92 Å². The van der Waals surface area contributed by atoms with Gasteiger partial charge in [-0.25, -0.2) is 4.79 Å². The molecular formula is C8H12N2O3. The monoisotopic (exact) mass is 184 g/mol. The third kappa shape index (κ3) is 1.34. The van der Waals surface area contributed by atoms with E-state index in [1.807, 2.05) is 0 Å². The number of hydrogen-bond donors (Lipinski definition) is 2. The van der Waals surface area contributed by atoms with Crippen LogP contribution in [0.25, 0.3) is 0 Å². The van der Waals surface area contributed by atoms with Crippen molar-refractivity contribution in [2.45, 2.75) is 31.4 Å². The molecule has 1 heterocycles. The fourth-order valence-corrected chi connectivity index (χ4v) is 2.26. The van der Waals surface area contributed by atoms with Crippen molar-refractivity contribution in [2.24, 2.45) is 11.7 Å². The molecule has 2 aliphatic rings. The molecule has 1 saturated carbocycles. The fourth-order valence-electron chi connectivity index (χ4n) is 2.26. The second-order valence-electron chi connectivity index (χ2n) is 3.57. The van der Waals surface area contributed by atoms with Gasteiger partial charge in [-0.2, -0.15) is 0 Å². The average Bonchev–Trinajstić information content (AvgIpc) is 2.55. The molecule has 3 N–H and O–H groups in total. The van der Waals surface area contributed by atoms with Gasteiger partial charge >= 0.3 is 6.09 Å². The van der Waals surface area contributed by atoms with Gasteiger partial charge in [-0.3, -0.25) is 4.79 Å². The summed E-state index contributed by atoms with van der Waals surface area (Å²) in [6.45, 7) is 0. The van der Waals surface area contributed by atoms with E-state index < -0.39 is 12.2 Å². The molecule has 0 unspecified atom stereocenters. The van der Waals surface area contributed by atoms with Crippen molar-refractivity contribution in [3.63, 3.8) is 0 Å². The second-order valence-corrected chi connectivity index (χ2v) is 3.57. The van der Waals surface area contributed by atoms with Crippen LogP contribution >= 0.6 is 0 Å². The Bertz CT molecular complexity index is 254. The van der Waals surface area contributed by atoms with Crippen LogP contribution in [0.1, 0.15) is 19.3 Å². The highest BCUT2D eigenvalue weighted by Crippen LogP contribution is 2.34. The minimum Gasteiger partial charge on any atom is -0.436 e. The zero-order valence-electron chi connectivity index (χ0n) is 7.16. The number of carbonyl (C=O) groups excluding carboxylic acids is 2. The van der Waals surface area contributed by atoms with Crippen molar-refractivity contribution in [3.8, 4) is 0 Å². The van der Waals surface area contributed by atoms with E-state index in [1.54, 1.807) is 0 Å². The number of amides is 2. The van der Waals surface area contributed by atoms with E-state index in [0.717, 1.165) is 19.3 Å². The van der Waals surface area contributed by atoms with E-state index in [2.05, 4.69) is 5.32 Å². The van der Waals surface area contributed by atoms with Crippen LogP contribution in [0.3, 0.4) is 0 Å². The summed E-state index contributed by atoms with van der Waals surface area (Å²) in [5.41, 5.74) is 4.88. The van der Waals surface area contributed by atoms with Crippen LogP contribution in [0.5, 0.6) is 0 Å². The Labute approximate surface area is 75.6 Å². The molecule has 13 heavy (non-hydrogen) atoms. The summed E-state index contributed by atoms with van der Waals surface area (Å²) in [5, 5.41) is 2.80. The first kappa shape index (κ1) is 8.34. The third-order valence-electron chi connectivity index (χ3n) is 2.79. The van der Waals surface area contributed by atoms with Gasteiger partial charge in [0.1, 0.15) is 0 Å². The average molecular weight is 184 g/mol. The maximum Gasteiger partial charge on any atom is 0.405 e. The molecule has 0 aromatic rings. The summed E-state index contributed by atoms with van der Waals surface area (Å²) in [6, 6.07) is 0.192. The summed E-state index contributed by atoms with van der Waals surface area (Å²) < 4.78 is 4.76. The molecule has 5 heteroatoms. The maximum absolute atomic E-state index is 11.3. The Balaban J connectivity index is 2.08. The zero-order valence-corrected chi connectivity index (χ0v) is 7.16. The summed E-state index contributed by atoms with van der Waals surface area (Å²) in [4.78, 5) is 21.8. The van der Waals surface area contributed by atoms with E-state index in [-0.39, 0.29) is 17.9 Å². The number of hydrogen-bond acceptors (Lipinski definition) is 3. The lowest BCUT2D eigenvalue weighted by molar-refractivity contribution is -0.127. The molecule has 2 fully saturated rings. The van der Waals surface area contributed by atoms with Crippen molar-refractivity contribution in [2.75, 3.05) is 0 Å². The van der Waals surface area contributed by atoms with Crippen LogP contribution < -0.4 is 11.1 Å². The molecule has 0 radical (unpaired) electrons. The van der Waals surface area contributed by atoms with E-state index in [9.17, 15) is 9.59 Å². The highest BCUT2D eigenvalue weighted by atomic mass is 16.6. The van der Waals surface area contributed by atoms with Gasteiger partial charge in [-0.15, -0.1) is 0 Å². The number of fused-ring (bicyclic) bond motifs is 1. The zero-order chi connectivity index (χ0) is 9.42. The fraction of sp³-hybridized carbons (Fsp3) is 0.750. The van der Waals surface area contributed by atoms with Gasteiger partial charge in [0.2, 0.25) is 0 Å². The molecular weight excluding hydrogens is 172 g/mol. The van der Waals surface area contributed by atoms with Crippen molar-refractivity contribution in [3.05, 3.63) is 0 Å². The molecule has 2 rings (SSSR count). The van der Waals surface area contributed by atoms with Gasteiger partial charge in [0, 0.05) is 12.0 Å². The van der Waals surface area contributed by atoms with Crippen LogP contribution in [0.15, 0.2) is 0 Å². The number of primary amides is 1. The number of nitrogens with one attached hydrogen (secondary N) is 1. The standard InChI is InChI=1S/C8H12N2O3/c9-8(12)13-6-4-2-1-3-5(4)10-7(6)11/h4-6H,1-3H2,(H2,9,12)(H,10,11)/t4-,5+,6-/m0/s1. The summed E-state index contributed by atoms with van der Waals surface area (Å²) in [6.07, 6.45) is 1.47. The number of rotatable bonds is 1. The minimum atomic E-state index is -0.868. The van der Waals surface area contributed by atoms with E-state index >= 15 is 0 Å². The van der Waals surface area contributed by atoms with Gasteiger partial charge < -0.3 is 15.8 Å². The molecule has 0 aromatic heterocycles. The lowest BCUT2D eigenvalue weighted by Gasteiger charge is -2.13. The number of carbonyl (C=O) groups is 2. The summed E-state index contributed by atoms with van der Waals surface area (Å²) in [7, 11) is 0. The van der Waals surface area contributed by atoms with Crippen molar-refractivity contribution in [1.82, 2.24) is 5.32 Å². The number of ether oxygens (including phenoxy) is 1. The topological polar surface area (TPSA) is 81.4 Å². The molecule has 1 aliphatic heterocycles. The van der Waals surface area contributed by atoms with Gasteiger partial charge in [0.05, 0.1) is 0 Å². The van der Waals surface area contributed by atoms with Crippen LogP contribution in [-0.4, -0.2) is 24.1 Å². The first-order valence-corrected chi connectivity index (χ1v) is 4.45. The van der Waals surface area contributed by atoms with E-state index in [1.165, 1.54) is 0 Å². The molecule has 3 atom stereocenters. The minimum absolute atomic E-state index is 0.139. The van der Waals surface area contributed by atoms with Crippen LogP contribution in [-0.2, 0) is 9.53 Å². The normalized spacial score (nSPS) is 36.9. The van der Waals surface area contributed by atoms with Gasteiger partial charge in [0.25, 0.3) is 5.91 Å². The highest BCUT2D eigenvalue weighted by molar-refractivity contribution is 5.86. The molecule has 0 aromatic carbocycles. The Hall–Kier alpha value is -1.26. The maximum atomic E-state index is 11.3.